The quantitative estimate of drug-likeness (QED) is 0.837. The van der Waals surface area contributed by atoms with Crippen molar-refractivity contribution in [2.75, 3.05) is 0 Å². The van der Waals surface area contributed by atoms with E-state index in [4.69, 9.17) is 0 Å². The van der Waals surface area contributed by atoms with Crippen LogP contribution in [0.15, 0.2) is 12.4 Å². The Morgan fingerprint density at radius 3 is 2.44 bits per heavy atom. The summed E-state index contributed by atoms with van der Waals surface area (Å²) < 4.78 is 2.24. The monoisotopic (exact) mass is 251 g/mol. The average Bonchev–Trinajstić information content (AvgIpc) is 2.59. The Morgan fingerprint density at radius 1 is 1.22 bits per heavy atom. The predicted molar refractivity (Wildman–Crippen MR) is 77.5 cm³/mol. The Bertz CT molecular complexity index is 358. The highest BCUT2D eigenvalue weighted by Gasteiger charge is 2.25. The second kappa shape index (κ2) is 5.87. The van der Waals surface area contributed by atoms with Crippen LogP contribution in [0.3, 0.4) is 0 Å². The summed E-state index contributed by atoms with van der Waals surface area (Å²) in [5, 5.41) is 3.63. The molecule has 0 fully saturated rings. The molecule has 0 aliphatic rings. The minimum Gasteiger partial charge on any atom is -0.334 e. The molecule has 0 aliphatic heterocycles. The van der Waals surface area contributed by atoms with E-state index in [-0.39, 0.29) is 5.54 Å². The van der Waals surface area contributed by atoms with Gasteiger partial charge in [0.1, 0.15) is 5.82 Å². The number of aryl methyl sites for hydroxylation is 1. The molecule has 0 atom stereocenters. The van der Waals surface area contributed by atoms with E-state index in [2.05, 4.69) is 62.6 Å². The molecule has 0 saturated carbocycles. The van der Waals surface area contributed by atoms with E-state index in [1.54, 1.807) is 0 Å². The lowest BCUT2D eigenvalue weighted by atomic mass is 9.82. The van der Waals surface area contributed by atoms with Gasteiger partial charge in [0.05, 0.1) is 6.54 Å². The topological polar surface area (TPSA) is 29.9 Å². The fourth-order valence-electron chi connectivity index (χ4n) is 2.66. The number of nitrogens with zero attached hydrogens (tertiary/aromatic N) is 2. The van der Waals surface area contributed by atoms with Crippen molar-refractivity contribution in [3.63, 3.8) is 0 Å². The first-order valence-corrected chi connectivity index (χ1v) is 6.98. The van der Waals surface area contributed by atoms with Crippen LogP contribution in [0.5, 0.6) is 0 Å². The Balaban J connectivity index is 2.56. The third-order valence-electron chi connectivity index (χ3n) is 2.96. The first-order valence-electron chi connectivity index (χ1n) is 6.98. The molecule has 1 N–H and O–H groups in total. The van der Waals surface area contributed by atoms with Gasteiger partial charge in [-0.05, 0) is 32.1 Å². The van der Waals surface area contributed by atoms with E-state index in [9.17, 15) is 0 Å². The maximum atomic E-state index is 4.43. The molecule has 0 aliphatic carbocycles. The molecule has 0 bridgehead atoms. The lowest BCUT2D eigenvalue weighted by molar-refractivity contribution is 0.238. The third kappa shape index (κ3) is 5.21. The average molecular weight is 251 g/mol. The van der Waals surface area contributed by atoms with E-state index < -0.39 is 0 Å². The van der Waals surface area contributed by atoms with Gasteiger partial charge in [-0.1, -0.05) is 27.7 Å². The molecule has 0 amide bonds. The zero-order chi connectivity index (χ0) is 13.8. The van der Waals surface area contributed by atoms with Crippen molar-refractivity contribution in [1.29, 1.82) is 0 Å². The van der Waals surface area contributed by atoms with Crippen LogP contribution in [0.1, 0.15) is 60.2 Å². The standard InChI is InChI=1S/C15H29N3/c1-7-9-18-10-8-16-13(18)11-17-15(5,6)12-14(2,3)4/h8,10,17H,7,9,11-12H2,1-6H3. The minimum atomic E-state index is 0.140. The number of nitrogens with one attached hydrogen (secondary N) is 1. The highest BCUT2D eigenvalue weighted by atomic mass is 15.1. The van der Waals surface area contributed by atoms with Gasteiger partial charge in [0, 0.05) is 24.5 Å². The van der Waals surface area contributed by atoms with Crippen LogP contribution in [0, 0.1) is 5.41 Å². The summed E-state index contributed by atoms with van der Waals surface area (Å²) in [5.41, 5.74) is 0.483. The lowest BCUT2D eigenvalue weighted by Gasteiger charge is -2.33. The van der Waals surface area contributed by atoms with Gasteiger partial charge in [0.15, 0.2) is 0 Å². The van der Waals surface area contributed by atoms with Crippen LogP contribution in [-0.2, 0) is 13.1 Å². The largest absolute Gasteiger partial charge is 0.334 e. The maximum absolute atomic E-state index is 4.43. The SMILES string of the molecule is CCCn1ccnc1CNC(C)(C)CC(C)(C)C. The highest BCUT2D eigenvalue weighted by Crippen LogP contribution is 2.26. The number of hydrogen-bond donors (Lipinski definition) is 1. The molecule has 3 nitrogen and oxygen atoms in total. The van der Waals surface area contributed by atoms with Gasteiger partial charge in [-0.15, -0.1) is 0 Å². The summed E-state index contributed by atoms with van der Waals surface area (Å²) in [4.78, 5) is 4.43. The summed E-state index contributed by atoms with van der Waals surface area (Å²) in [6, 6.07) is 0. The van der Waals surface area contributed by atoms with E-state index in [1.165, 1.54) is 0 Å². The Labute approximate surface area is 112 Å². The molecular weight excluding hydrogens is 222 g/mol. The molecular formula is C15H29N3. The van der Waals surface area contributed by atoms with Gasteiger partial charge in [-0.2, -0.15) is 0 Å². The Kier molecular flexibility index (Phi) is 4.97. The molecule has 104 valence electrons. The first-order chi connectivity index (χ1) is 8.23. The zero-order valence-electron chi connectivity index (χ0n) is 12.9. The van der Waals surface area contributed by atoms with Gasteiger partial charge in [-0.25, -0.2) is 4.98 Å². The zero-order valence-corrected chi connectivity index (χ0v) is 12.9. The van der Waals surface area contributed by atoms with Crippen LogP contribution in [-0.4, -0.2) is 15.1 Å². The number of rotatable bonds is 6. The smallest absolute Gasteiger partial charge is 0.122 e. The van der Waals surface area contributed by atoms with E-state index in [0.717, 1.165) is 31.8 Å². The van der Waals surface area contributed by atoms with Crippen molar-refractivity contribution >= 4 is 0 Å². The van der Waals surface area contributed by atoms with Gasteiger partial charge in [-0.3, -0.25) is 0 Å². The van der Waals surface area contributed by atoms with Crippen molar-refractivity contribution in [2.24, 2.45) is 5.41 Å². The van der Waals surface area contributed by atoms with E-state index >= 15 is 0 Å². The first kappa shape index (κ1) is 15.2. The van der Waals surface area contributed by atoms with Gasteiger partial charge in [0.25, 0.3) is 0 Å². The summed E-state index contributed by atoms with van der Waals surface area (Å²) >= 11 is 0. The van der Waals surface area contributed by atoms with Crippen LogP contribution in [0.4, 0.5) is 0 Å². The van der Waals surface area contributed by atoms with Gasteiger partial charge >= 0.3 is 0 Å². The highest BCUT2D eigenvalue weighted by molar-refractivity contribution is 4.94. The van der Waals surface area contributed by atoms with Gasteiger partial charge < -0.3 is 9.88 Å². The van der Waals surface area contributed by atoms with Crippen molar-refractivity contribution in [2.45, 2.75) is 73.0 Å². The summed E-state index contributed by atoms with van der Waals surface area (Å²) in [7, 11) is 0. The molecule has 1 heterocycles. The third-order valence-corrected chi connectivity index (χ3v) is 2.96. The second-order valence-corrected chi connectivity index (χ2v) is 7.01. The molecule has 3 heteroatoms. The molecule has 1 aromatic heterocycles. The fourth-order valence-corrected chi connectivity index (χ4v) is 2.66. The van der Waals surface area contributed by atoms with Crippen molar-refractivity contribution in [1.82, 2.24) is 14.9 Å². The molecule has 0 unspecified atom stereocenters. The molecule has 0 saturated heterocycles. The van der Waals surface area contributed by atoms with Crippen LogP contribution in [0.2, 0.25) is 0 Å². The summed E-state index contributed by atoms with van der Waals surface area (Å²) in [5.74, 6) is 1.14. The lowest BCUT2D eigenvalue weighted by Crippen LogP contribution is -2.42. The normalized spacial score (nSPS) is 13.0. The molecule has 18 heavy (non-hydrogen) atoms. The molecule has 0 radical (unpaired) electrons. The van der Waals surface area contributed by atoms with E-state index in [0.29, 0.717) is 5.41 Å². The predicted octanol–water partition coefficient (Wildman–Crippen LogP) is 3.60. The van der Waals surface area contributed by atoms with Crippen LogP contribution in [0.25, 0.3) is 0 Å². The van der Waals surface area contributed by atoms with Gasteiger partial charge in [0.2, 0.25) is 0 Å². The van der Waals surface area contributed by atoms with Crippen LogP contribution < -0.4 is 5.32 Å². The Hall–Kier alpha value is -0.830. The van der Waals surface area contributed by atoms with Crippen molar-refractivity contribution in [3.8, 4) is 0 Å². The summed E-state index contributed by atoms with van der Waals surface area (Å²) in [6.45, 7) is 15.5. The minimum absolute atomic E-state index is 0.140. The second-order valence-electron chi connectivity index (χ2n) is 7.01. The molecule has 1 aromatic rings. The van der Waals surface area contributed by atoms with Crippen molar-refractivity contribution < 1.29 is 0 Å². The number of aromatic nitrogens is 2. The van der Waals surface area contributed by atoms with Crippen molar-refractivity contribution in [3.05, 3.63) is 18.2 Å². The van der Waals surface area contributed by atoms with Crippen LogP contribution >= 0.6 is 0 Å². The maximum Gasteiger partial charge on any atom is 0.122 e. The number of hydrogen-bond acceptors (Lipinski definition) is 2. The Morgan fingerprint density at radius 2 is 1.89 bits per heavy atom. The molecule has 0 aromatic carbocycles. The van der Waals surface area contributed by atoms with E-state index in [1.807, 2.05) is 6.20 Å². The molecule has 1 rings (SSSR count). The summed E-state index contributed by atoms with van der Waals surface area (Å²) in [6.07, 6.45) is 6.25. The molecule has 0 spiro atoms. The number of imidazole rings is 1. The fraction of sp³-hybridized carbons (Fsp3) is 0.800.